The van der Waals surface area contributed by atoms with Crippen LogP contribution in [0.5, 0.6) is 11.5 Å². The number of likely N-dealkylation sites (tertiary alicyclic amines) is 1. The maximum absolute atomic E-state index is 13.0. The number of nitro benzene ring substituents is 1. The van der Waals surface area contributed by atoms with E-state index in [9.17, 15) is 25.1 Å². The monoisotopic (exact) mass is 436 g/mol. The average Bonchev–Trinajstić information content (AvgIpc) is 2.65. The third-order valence-corrected chi connectivity index (χ3v) is 5.84. The molecule has 0 aliphatic carbocycles. The number of carbonyl (C=O) groups is 1. The smallest absolute Gasteiger partial charge is 0.315 e. The Kier molecular flexibility index (Phi) is 8.94. The largest absolute Gasteiger partial charge is 0.504 e. The van der Waals surface area contributed by atoms with E-state index >= 15 is 0 Å². The summed E-state index contributed by atoms with van der Waals surface area (Å²) in [5, 5.41) is 33.8. The Balaban J connectivity index is 0.00000196. The van der Waals surface area contributed by atoms with E-state index < -0.39 is 22.1 Å². The first-order chi connectivity index (χ1) is 12.4. The molecular weight excluding hydrogens is 409 g/mol. The van der Waals surface area contributed by atoms with E-state index in [1.807, 2.05) is 0 Å². The molecule has 2 heterocycles. The van der Waals surface area contributed by atoms with Gasteiger partial charge in [0.15, 0.2) is 5.75 Å². The molecule has 0 bridgehead atoms. The van der Waals surface area contributed by atoms with Gasteiger partial charge in [-0.2, -0.15) is 0 Å². The van der Waals surface area contributed by atoms with Gasteiger partial charge in [0.05, 0.1) is 24.1 Å². The molecule has 2 aliphatic heterocycles. The number of nitrogens with one attached hydrogen (secondary N) is 1. The van der Waals surface area contributed by atoms with Crippen molar-refractivity contribution in [3.8, 4) is 11.5 Å². The van der Waals surface area contributed by atoms with Gasteiger partial charge in [-0.1, -0.05) is 0 Å². The number of phenols is 2. The first kappa shape index (κ1) is 24.4. The predicted molar refractivity (Wildman–Crippen MR) is 110 cm³/mol. The summed E-state index contributed by atoms with van der Waals surface area (Å²) >= 11 is 0. The van der Waals surface area contributed by atoms with E-state index in [4.69, 9.17) is 0 Å². The van der Waals surface area contributed by atoms with E-state index in [1.54, 1.807) is 0 Å². The number of carbonyl (C=O) groups excluding carboxylic acids is 1. The van der Waals surface area contributed by atoms with Crippen LogP contribution in [0.1, 0.15) is 42.5 Å². The molecule has 0 spiro atoms. The van der Waals surface area contributed by atoms with Crippen LogP contribution in [0.15, 0.2) is 12.1 Å². The molecule has 28 heavy (non-hydrogen) atoms. The first-order valence-corrected chi connectivity index (χ1v) is 9.23. The van der Waals surface area contributed by atoms with Gasteiger partial charge in [0.2, 0.25) is 11.5 Å². The van der Waals surface area contributed by atoms with Crippen LogP contribution in [-0.2, 0) is 0 Å². The van der Waals surface area contributed by atoms with Crippen molar-refractivity contribution in [2.45, 2.75) is 38.1 Å². The van der Waals surface area contributed by atoms with E-state index in [1.165, 1.54) is 6.42 Å². The maximum Gasteiger partial charge on any atom is 0.315 e. The number of phenolic OH excluding ortho intramolecular Hbond substituents is 2. The van der Waals surface area contributed by atoms with Crippen LogP contribution in [0, 0.1) is 10.1 Å². The molecule has 0 saturated carbocycles. The van der Waals surface area contributed by atoms with E-state index in [-0.39, 0.29) is 42.7 Å². The molecule has 2 aliphatic rings. The summed E-state index contributed by atoms with van der Waals surface area (Å²) < 4.78 is 0.732. The van der Waals surface area contributed by atoms with E-state index in [2.05, 4.69) is 5.32 Å². The minimum atomic E-state index is -0.799. The second kappa shape index (κ2) is 10.2. The van der Waals surface area contributed by atoms with Gasteiger partial charge in [0.25, 0.3) is 0 Å². The molecule has 2 fully saturated rings. The average molecular weight is 437 g/mol. The molecule has 2 saturated heterocycles. The quantitative estimate of drug-likeness (QED) is 0.215. The third-order valence-electron chi connectivity index (χ3n) is 5.84. The number of Topliss-reactive ketones (excluding diaryl/α,β-unsaturated/α-hetero) is 1. The second-order valence-corrected chi connectivity index (χ2v) is 7.41. The number of nitrogens with zero attached hydrogens (tertiary/aromatic N) is 2. The van der Waals surface area contributed by atoms with Gasteiger partial charge in [-0.15, -0.1) is 24.8 Å². The number of benzene rings is 1. The number of hydrogen-bond acceptors (Lipinski definition) is 6. The number of nitro groups is 1. The van der Waals surface area contributed by atoms with Gasteiger partial charge in [-0.3, -0.25) is 14.9 Å². The fraction of sp³-hybridized carbons (Fsp3) is 0.611. The van der Waals surface area contributed by atoms with Crippen LogP contribution < -0.4 is 5.32 Å². The Bertz CT molecular complexity index is 705. The van der Waals surface area contributed by atoms with Crippen molar-refractivity contribution < 1.29 is 24.4 Å². The fourth-order valence-corrected chi connectivity index (χ4v) is 4.43. The van der Waals surface area contributed by atoms with Gasteiger partial charge < -0.3 is 20.0 Å². The van der Waals surface area contributed by atoms with E-state index in [0.717, 1.165) is 68.5 Å². The molecule has 10 heteroatoms. The SMILES string of the molecule is Cl.Cl.O=C(C[N+]1(C2CCNCC2)CCCCC1)c1cc(O)c(O)c([N+](=O)[O-])c1. The minimum absolute atomic E-state index is 0. The highest BCUT2D eigenvalue weighted by Crippen LogP contribution is 2.37. The van der Waals surface area contributed by atoms with Crippen molar-refractivity contribution in [1.29, 1.82) is 0 Å². The minimum Gasteiger partial charge on any atom is -0.504 e. The summed E-state index contributed by atoms with van der Waals surface area (Å²) in [5.41, 5.74) is -0.551. The molecular formula is C18H28Cl2N3O5+. The molecule has 158 valence electrons. The van der Waals surface area contributed by atoms with Crippen LogP contribution in [0.2, 0.25) is 0 Å². The molecule has 0 unspecified atom stereocenters. The van der Waals surface area contributed by atoms with Crippen LogP contribution in [0.25, 0.3) is 0 Å². The van der Waals surface area contributed by atoms with Crippen LogP contribution in [-0.4, -0.2) is 64.2 Å². The van der Waals surface area contributed by atoms with Gasteiger partial charge in [0, 0.05) is 37.6 Å². The number of piperidine rings is 2. The van der Waals surface area contributed by atoms with Crippen LogP contribution in [0.3, 0.4) is 0 Å². The van der Waals surface area contributed by atoms with Gasteiger partial charge in [-0.25, -0.2) is 0 Å². The summed E-state index contributed by atoms with van der Waals surface area (Å²) in [6.07, 6.45) is 5.38. The molecule has 0 atom stereocenters. The Morgan fingerprint density at radius 3 is 2.32 bits per heavy atom. The maximum atomic E-state index is 13.0. The molecule has 1 aromatic rings. The van der Waals surface area contributed by atoms with Gasteiger partial charge in [-0.05, 0) is 25.3 Å². The summed E-state index contributed by atoms with van der Waals surface area (Å²) in [5.74, 6) is -1.65. The molecule has 3 N–H and O–H groups in total. The molecule has 0 amide bonds. The zero-order chi connectivity index (χ0) is 18.7. The third kappa shape index (κ3) is 5.05. The van der Waals surface area contributed by atoms with Crippen molar-refractivity contribution in [3.63, 3.8) is 0 Å². The summed E-state index contributed by atoms with van der Waals surface area (Å²) in [6.45, 7) is 4.08. The fourth-order valence-electron chi connectivity index (χ4n) is 4.43. The Labute approximate surface area is 176 Å². The number of ketones is 1. The first-order valence-electron chi connectivity index (χ1n) is 9.23. The van der Waals surface area contributed by atoms with Gasteiger partial charge in [0.1, 0.15) is 6.54 Å². The number of rotatable bonds is 5. The molecule has 8 nitrogen and oxygen atoms in total. The number of aromatic hydroxyl groups is 2. The number of hydrogen-bond donors (Lipinski definition) is 3. The summed E-state index contributed by atoms with van der Waals surface area (Å²) in [7, 11) is 0. The number of halogens is 2. The molecule has 0 radical (unpaired) electrons. The van der Waals surface area contributed by atoms with Crippen molar-refractivity contribution in [3.05, 3.63) is 27.8 Å². The van der Waals surface area contributed by atoms with Gasteiger partial charge >= 0.3 is 5.69 Å². The second-order valence-electron chi connectivity index (χ2n) is 7.41. The van der Waals surface area contributed by atoms with Crippen LogP contribution in [0.4, 0.5) is 5.69 Å². The zero-order valence-electron chi connectivity index (χ0n) is 15.6. The predicted octanol–water partition coefficient (Wildman–Crippen LogP) is 2.79. The lowest BCUT2D eigenvalue weighted by Crippen LogP contribution is -2.62. The Morgan fingerprint density at radius 2 is 1.75 bits per heavy atom. The lowest BCUT2D eigenvalue weighted by Gasteiger charge is -2.48. The normalized spacial score (nSPS) is 19.1. The highest BCUT2D eigenvalue weighted by atomic mass is 35.5. The highest BCUT2D eigenvalue weighted by molar-refractivity contribution is 5.98. The zero-order valence-corrected chi connectivity index (χ0v) is 17.3. The van der Waals surface area contributed by atoms with E-state index in [0.29, 0.717) is 6.04 Å². The van der Waals surface area contributed by atoms with Crippen molar-refractivity contribution >= 4 is 36.3 Å². The van der Waals surface area contributed by atoms with Crippen molar-refractivity contribution in [1.82, 2.24) is 5.32 Å². The molecule has 1 aromatic carbocycles. The van der Waals surface area contributed by atoms with Crippen molar-refractivity contribution in [2.24, 2.45) is 0 Å². The number of quaternary nitrogens is 1. The molecule has 3 rings (SSSR count). The lowest BCUT2D eigenvalue weighted by atomic mass is 9.95. The summed E-state index contributed by atoms with van der Waals surface area (Å²) in [6, 6.07) is 2.62. The lowest BCUT2D eigenvalue weighted by molar-refractivity contribution is -0.948. The van der Waals surface area contributed by atoms with Crippen LogP contribution >= 0.6 is 24.8 Å². The topological polar surface area (TPSA) is 113 Å². The molecule has 0 aromatic heterocycles. The standard InChI is InChI=1S/C18H25N3O5.2ClH/c22-16-11-13(10-15(18(16)24)20(25)26)17(23)12-21(8-2-1-3-9-21)14-4-6-19-7-5-14;;/h10-11,14,19H,1-9,12H2,(H-,22,23,24);2*1H/p+1. The Morgan fingerprint density at radius 1 is 1.14 bits per heavy atom. The Hall–Kier alpha value is -1.61. The highest BCUT2D eigenvalue weighted by Gasteiger charge is 2.41. The van der Waals surface area contributed by atoms with Crippen molar-refractivity contribution in [2.75, 3.05) is 32.7 Å². The summed E-state index contributed by atoms with van der Waals surface area (Å²) in [4.78, 5) is 23.2.